The van der Waals surface area contributed by atoms with E-state index in [1.807, 2.05) is 0 Å². The van der Waals surface area contributed by atoms with Gasteiger partial charge in [0.25, 0.3) is 0 Å². The van der Waals surface area contributed by atoms with Crippen LogP contribution in [0, 0.1) is 6.92 Å². The summed E-state index contributed by atoms with van der Waals surface area (Å²) in [4.78, 5) is 17.4. The molecule has 0 fully saturated rings. The summed E-state index contributed by atoms with van der Waals surface area (Å²) in [7, 11) is 0. The summed E-state index contributed by atoms with van der Waals surface area (Å²) >= 11 is 1.47. The molecule has 148 valence electrons. The highest BCUT2D eigenvalue weighted by Crippen LogP contribution is 2.30. The summed E-state index contributed by atoms with van der Waals surface area (Å²) in [6.45, 7) is 10.8. The molecule has 1 rings (SSSR count). The molecule has 0 bridgehead atoms. The molecule has 0 aromatic carbocycles. The molecule has 0 aliphatic heterocycles. The van der Waals surface area contributed by atoms with E-state index in [2.05, 4.69) is 25.4 Å². The van der Waals surface area contributed by atoms with E-state index in [4.69, 9.17) is 9.15 Å². The van der Waals surface area contributed by atoms with Gasteiger partial charge >= 0.3 is 11.7 Å². The Balaban J connectivity index is 2.46. The maximum absolute atomic E-state index is 12.0. The number of rotatable bonds is 15. The number of hydrogen-bond acceptors (Lipinski definition) is 5. The number of hydrogen-bond donors (Lipinski definition) is 0. The first-order valence-corrected chi connectivity index (χ1v) is 10.9. The number of allylic oxidation sites excluding steroid dienone is 1. The van der Waals surface area contributed by atoms with Crippen molar-refractivity contribution in [3.05, 3.63) is 27.5 Å². The Kier molecular flexibility index (Phi) is 12.2. The fourth-order valence-corrected chi connectivity index (χ4v) is 3.45. The first-order valence-electron chi connectivity index (χ1n) is 10.1. The van der Waals surface area contributed by atoms with E-state index in [1.165, 1.54) is 56.7 Å². The quantitative estimate of drug-likeness (QED) is 0.251. The number of unbranched alkanes of at least 4 members (excludes halogenated alkanes) is 8. The third-order valence-corrected chi connectivity index (χ3v) is 5.36. The van der Waals surface area contributed by atoms with Crippen molar-refractivity contribution in [1.82, 2.24) is 4.98 Å². The van der Waals surface area contributed by atoms with Gasteiger partial charge in [-0.1, -0.05) is 83.6 Å². The lowest BCUT2D eigenvalue weighted by Crippen LogP contribution is -2.10. The Labute approximate surface area is 162 Å². The van der Waals surface area contributed by atoms with Gasteiger partial charge in [0.1, 0.15) is 5.03 Å². The standard InChI is InChI=1S/C21H35NO3S/c1-5-7-9-11-12-13-15-17(3)26-19-18(4)20(23)25-21(22-19)24-16-14-10-8-6-2/h3,5-16H2,1-2,4H3. The second kappa shape index (κ2) is 13.9. The first-order chi connectivity index (χ1) is 12.6. The number of ether oxygens (including phenoxy) is 1. The van der Waals surface area contributed by atoms with Crippen molar-refractivity contribution >= 4 is 11.8 Å². The summed E-state index contributed by atoms with van der Waals surface area (Å²) in [6, 6.07) is 0. The monoisotopic (exact) mass is 381 g/mol. The maximum atomic E-state index is 12.0. The van der Waals surface area contributed by atoms with Crippen molar-refractivity contribution in [1.29, 1.82) is 0 Å². The van der Waals surface area contributed by atoms with Gasteiger partial charge in [-0.25, -0.2) is 4.79 Å². The second-order valence-corrected chi connectivity index (χ2v) is 7.93. The molecule has 0 atom stereocenters. The molecule has 1 heterocycles. The van der Waals surface area contributed by atoms with Gasteiger partial charge in [0.2, 0.25) is 0 Å². The Hall–Kier alpha value is -1.23. The molecule has 0 saturated heterocycles. The summed E-state index contributed by atoms with van der Waals surface area (Å²) in [5, 5.41) is 0.654. The molecule has 0 unspecified atom stereocenters. The van der Waals surface area contributed by atoms with Crippen molar-refractivity contribution in [2.24, 2.45) is 0 Å². The van der Waals surface area contributed by atoms with Crippen LogP contribution in [-0.4, -0.2) is 11.6 Å². The average molecular weight is 382 g/mol. The summed E-state index contributed by atoms with van der Waals surface area (Å²) < 4.78 is 10.7. The van der Waals surface area contributed by atoms with Crippen LogP contribution in [0.2, 0.25) is 0 Å². The number of thioether (sulfide) groups is 1. The second-order valence-electron chi connectivity index (χ2n) is 6.77. The predicted molar refractivity (Wildman–Crippen MR) is 110 cm³/mol. The summed E-state index contributed by atoms with van der Waals surface area (Å²) in [6.07, 6.45) is 13.0. The van der Waals surface area contributed by atoms with Crippen molar-refractivity contribution < 1.29 is 9.15 Å². The molecular formula is C21H35NO3S. The average Bonchev–Trinajstić information content (AvgIpc) is 2.62. The molecular weight excluding hydrogens is 346 g/mol. The minimum absolute atomic E-state index is 0.0759. The van der Waals surface area contributed by atoms with E-state index in [0.29, 0.717) is 17.2 Å². The van der Waals surface area contributed by atoms with Crippen LogP contribution in [-0.2, 0) is 0 Å². The van der Waals surface area contributed by atoms with Crippen LogP contribution in [0.3, 0.4) is 0 Å². The van der Waals surface area contributed by atoms with E-state index >= 15 is 0 Å². The minimum Gasteiger partial charge on any atom is -0.450 e. The lowest BCUT2D eigenvalue weighted by Gasteiger charge is -2.09. The molecule has 4 nitrogen and oxygen atoms in total. The molecule has 0 spiro atoms. The van der Waals surface area contributed by atoms with Gasteiger partial charge in [-0.3, -0.25) is 0 Å². The SMILES string of the molecule is C=C(CCCCCCCC)Sc1nc(OCCCCCC)oc(=O)c1C. The van der Waals surface area contributed by atoms with Gasteiger partial charge in [0, 0.05) is 0 Å². The lowest BCUT2D eigenvalue weighted by molar-refractivity contribution is 0.204. The molecule has 5 heteroatoms. The Morgan fingerprint density at radius 3 is 2.35 bits per heavy atom. The third-order valence-electron chi connectivity index (χ3n) is 4.27. The van der Waals surface area contributed by atoms with E-state index < -0.39 is 0 Å². The molecule has 1 aromatic heterocycles. The predicted octanol–water partition coefficient (Wildman–Crippen LogP) is 6.66. The van der Waals surface area contributed by atoms with E-state index in [9.17, 15) is 4.79 Å². The van der Waals surface area contributed by atoms with Crippen LogP contribution in [0.15, 0.2) is 25.7 Å². The van der Waals surface area contributed by atoms with Gasteiger partial charge in [-0.2, -0.15) is 4.98 Å². The first kappa shape index (κ1) is 22.8. The zero-order chi connectivity index (χ0) is 19.2. The Morgan fingerprint density at radius 2 is 1.65 bits per heavy atom. The van der Waals surface area contributed by atoms with Crippen molar-refractivity contribution in [3.8, 4) is 6.08 Å². The molecule has 26 heavy (non-hydrogen) atoms. The van der Waals surface area contributed by atoms with E-state index in [0.717, 1.165) is 30.6 Å². The van der Waals surface area contributed by atoms with Crippen LogP contribution in [0.5, 0.6) is 6.08 Å². The van der Waals surface area contributed by atoms with Gasteiger partial charge in [-0.15, -0.1) is 0 Å². The highest BCUT2D eigenvalue weighted by Gasteiger charge is 2.13. The van der Waals surface area contributed by atoms with Gasteiger partial charge in [0.05, 0.1) is 12.2 Å². The third kappa shape index (κ3) is 9.46. The van der Waals surface area contributed by atoms with Crippen LogP contribution in [0.1, 0.15) is 90.0 Å². The molecule has 0 radical (unpaired) electrons. The molecule has 0 aliphatic carbocycles. The molecule has 0 N–H and O–H groups in total. The van der Waals surface area contributed by atoms with Crippen LogP contribution in [0.25, 0.3) is 0 Å². The topological polar surface area (TPSA) is 52.3 Å². The maximum Gasteiger partial charge on any atom is 0.397 e. The zero-order valence-electron chi connectivity index (χ0n) is 16.8. The van der Waals surface area contributed by atoms with Crippen LogP contribution < -0.4 is 10.4 Å². The van der Waals surface area contributed by atoms with E-state index in [-0.39, 0.29) is 11.7 Å². The summed E-state index contributed by atoms with van der Waals surface area (Å²) in [5.74, 6) is 0. The summed E-state index contributed by atoms with van der Waals surface area (Å²) in [5.41, 5.74) is 0.149. The molecule has 0 aliphatic rings. The van der Waals surface area contributed by atoms with Gasteiger partial charge < -0.3 is 9.15 Å². The fraction of sp³-hybridized carbons (Fsp3) is 0.714. The van der Waals surface area contributed by atoms with Gasteiger partial charge in [0.15, 0.2) is 0 Å². The number of nitrogens with zero attached hydrogens (tertiary/aromatic N) is 1. The van der Waals surface area contributed by atoms with Crippen molar-refractivity contribution in [3.63, 3.8) is 0 Å². The highest BCUT2D eigenvalue weighted by atomic mass is 32.2. The fourth-order valence-electron chi connectivity index (χ4n) is 2.57. The van der Waals surface area contributed by atoms with Crippen molar-refractivity contribution in [2.75, 3.05) is 6.61 Å². The van der Waals surface area contributed by atoms with Crippen LogP contribution in [0.4, 0.5) is 0 Å². The normalized spacial score (nSPS) is 10.9. The largest absolute Gasteiger partial charge is 0.450 e. The molecule has 1 aromatic rings. The number of aromatic nitrogens is 1. The Morgan fingerprint density at radius 1 is 1.04 bits per heavy atom. The van der Waals surface area contributed by atoms with E-state index in [1.54, 1.807) is 6.92 Å². The van der Waals surface area contributed by atoms with Gasteiger partial charge in [-0.05, 0) is 31.1 Å². The highest BCUT2D eigenvalue weighted by molar-refractivity contribution is 8.03. The van der Waals surface area contributed by atoms with Crippen LogP contribution >= 0.6 is 11.8 Å². The van der Waals surface area contributed by atoms with Crippen molar-refractivity contribution in [2.45, 2.75) is 96.4 Å². The minimum atomic E-state index is -0.376. The Bertz CT molecular complexity index is 583. The molecule has 0 saturated carbocycles. The lowest BCUT2D eigenvalue weighted by atomic mass is 10.1. The molecule has 0 amide bonds. The zero-order valence-corrected chi connectivity index (χ0v) is 17.6. The smallest absolute Gasteiger partial charge is 0.397 e.